The monoisotopic (exact) mass is 418 g/mol. The van der Waals surface area contributed by atoms with E-state index in [1.165, 1.54) is 0 Å². The zero-order valence-electron chi connectivity index (χ0n) is 15.3. The lowest BCUT2D eigenvalue weighted by Gasteiger charge is -2.45. The number of halogens is 4. The number of rotatable bonds is 4. The van der Waals surface area contributed by atoms with E-state index in [1.807, 2.05) is 0 Å². The van der Waals surface area contributed by atoms with Crippen molar-refractivity contribution in [3.05, 3.63) is 23.5 Å². The number of aromatic amines is 1. The standard InChI is InChI=1S/C18H22ClF3N4O2/c1-2-28-16(27)13-9-3-5-10(6-4-9)14(13)25-15(26-17(19)23)12-7-11(8-24-12)18(20,21)22/h7-10,13-14,24H,2-6H2,1H3,(H2,23,25,26)/t9?,10?,13-,14?/m0/s1. The van der Waals surface area contributed by atoms with Gasteiger partial charge < -0.3 is 15.5 Å². The number of H-pyrrole nitrogens is 1. The van der Waals surface area contributed by atoms with Crippen molar-refractivity contribution in [3.63, 3.8) is 0 Å². The van der Waals surface area contributed by atoms with Gasteiger partial charge in [-0.05, 0) is 62.1 Å². The van der Waals surface area contributed by atoms with Gasteiger partial charge in [0.2, 0.25) is 0 Å². The van der Waals surface area contributed by atoms with E-state index in [-0.39, 0.29) is 41.2 Å². The Morgan fingerprint density at radius 2 is 1.96 bits per heavy atom. The molecule has 0 spiro atoms. The quantitative estimate of drug-likeness (QED) is 0.338. The van der Waals surface area contributed by atoms with Crippen LogP contribution in [0.1, 0.15) is 43.9 Å². The molecular formula is C18H22ClF3N4O2. The number of carbonyl (C=O) groups is 1. The topological polar surface area (TPSA) is 92.8 Å². The molecule has 2 atom stereocenters. The molecule has 0 saturated heterocycles. The molecule has 0 aliphatic heterocycles. The first-order chi connectivity index (χ1) is 13.2. The Balaban J connectivity index is 2.00. The third-order valence-corrected chi connectivity index (χ3v) is 5.55. The van der Waals surface area contributed by atoms with Crippen molar-refractivity contribution in [2.24, 2.45) is 33.5 Å². The number of esters is 1. The number of amidine groups is 2. The summed E-state index contributed by atoms with van der Waals surface area (Å²) < 4.78 is 44.1. The number of nitrogens with zero attached hydrogens (tertiary/aromatic N) is 2. The van der Waals surface area contributed by atoms with Crippen molar-refractivity contribution in [3.8, 4) is 0 Å². The van der Waals surface area contributed by atoms with Crippen molar-refractivity contribution in [2.45, 2.75) is 44.8 Å². The molecule has 0 radical (unpaired) electrons. The number of hydrogen-bond acceptors (Lipinski definition) is 3. The maximum absolute atomic E-state index is 13.0. The molecule has 2 bridgehead atoms. The number of nitrogens with one attached hydrogen (secondary N) is 1. The van der Waals surface area contributed by atoms with Gasteiger partial charge in [0.1, 0.15) is 0 Å². The number of ether oxygens (including phenoxy) is 1. The van der Waals surface area contributed by atoms with Crippen LogP contribution in [0.5, 0.6) is 0 Å². The summed E-state index contributed by atoms with van der Waals surface area (Å²) in [5.41, 5.74) is 4.64. The van der Waals surface area contributed by atoms with E-state index in [4.69, 9.17) is 22.1 Å². The van der Waals surface area contributed by atoms with Gasteiger partial charge in [-0.2, -0.15) is 18.2 Å². The molecule has 1 aromatic heterocycles. The Labute approximate surface area is 165 Å². The van der Waals surface area contributed by atoms with Crippen LogP contribution in [0.2, 0.25) is 0 Å². The maximum Gasteiger partial charge on any atom is 0.417 e. The Kier molecular flexibility index (Phi) is 6.02. The van der Waals surface area contributed by atoms with Crippen molar-refractivity contribution in [2.75, 3.05) is 6.61 Å². The third-order valence-electron chi connectivity index (χ3n) is 5.47. The van der Waals surface area contributed by atoms with Crippen LogP contribution in [-0.2, 0) is 15.7 Å². The molecule has 0 aromatic carbocycles. The van der Waals surface area contributed by atoms with Gasteiger partial charge in [0.25, 0.3) is 0 Å². The Morgan fingerprint density at radius 3 is 2.50 bits per heavy atom. The average Bonchev–Trinajstić information content (AvgIpc) is 3.12. The Morgan fingerprint density at radius 1 is 1.32 bits per heavy atom. The third kappa shape index (κ3) is 4.34. The molecule has 3 aliphatic carbocycles. The van der Waals surface area contributed by atoms with E-state index in [0.29, 0.717) is 0 Å². The van der Waals surface area contributed by atoms with Crippen molar-refractivity contribution < 1.29 is 22.7 Å². The summed E-state index contributed by atoms with van der Waals surface area (Å²) in [6.07, 6.45) is -0.0381. The van der Waals surface area contributed by atoms with E-state index < -0.39 is 23.7 Å². The highest BCUT2D eigenvalue weighted by atomic mass is 35.5. The zero-order valence-corrected chi connectivity index (χ0v) is 16.1. The fourth-order valence-corrected chi connectivity index (χ4v) is 4.34. The summed E-state index contributed by atoms with van der Waals surface area (Å²) in [5.74, 6) is -0.527. The van der Waals surface area contributed by atoms with Crippen LogP contribution in [0, 0.1) is 17.8 Å². The normalized spacial score (nSPS) is 28.5. The summed E-state index contributed by atoms with van der Waals surface area (Å²) >= 11 is 5.68. The summed E-state index contributed by atoms with van der Waals surface area (Å²) in [7, 11) is 0. The lowest BCUT2D eigenvalue weighted by Crippen LogP contribution is -2.47. The minimum absolute atomic E-state index is 0.0416. The summed E-state index contributed by atoms with van der Waals surface area (Å²) in [4.78, 5) is 23.6. The number of hydrogen-bond donors (Lipinski definition) is 2. The Hall–Kier alpha value is -2.03. The molecular weight excluding hydrogens is 397 g/mol. The summed E-state index contributed by atoms with van der Waals surface area (Å²) in [6, 6.07) is 0.474. The molecule has 154 valence electrons. The van der Waals surface area contributed by atoms with E-state index >= 15 is 0 Å². The molecule has 1 heterocycles. The zero-order chi connectivity index (χ0) is 20.5. The van der Waals surface area contributed by atoms with E-state index in [2.05, 4.69) is 15.0 Å². The van der Waals surface area contributed by atoms with Gasteiger partial charge in [-0.15, -0.1) is 0 Å². The van der Waals surface area contributed by atoms with Crippen LogP contribution < -0.4 is 5.73 Å². The molecule has 1 aromatic rings. The van der Waals surface area contributed by atoms with Crippen LogP contribution in [0.4, 0.5) is 13.2 Å². The van der Waals surface area contributed by atoms with Crippen LogP contribution in [0.25, 0.3) is 0 Å². The Bertz CT molecular complexity index is 778. The highest BCUT2D eigenvalue weighted by Crippen LogP contribution is 2.47. The van der Waals surface area contributed by atoms with E-state index in [0.717, 1.165) is 37.9 Å². The molecule has 4 rings (SSSR count). The van der Waals surface area contributed by atoms with Crippen LogP contribution >= 0.6 is 11.6 Å². The predicted molar refractivity (Wildman–Crippen MR) is 99.2 cm³/mol. The molecule has 3 aliphatic rings. The minimum atomic E-state index is -4.51. The lowest BCUT2D eigenvalue weighted by atomic mass is 9.62. The van der Waals surface area contributed by atoms with Crippen LogP contribution in [0.15, 0.2) is 22.2 Å². The van der Waals surface area contributed by atoms with Crippen molar-refractivity contribution in [1.29, 1.82) is 0 Å². The average molecular weight is 419 g/mol. The first-order valence-corrected chi connectivity index (χ1v) is 9.58. The lowest BCUT2D eigenvalue weighted by molar-refractivity contribution is -0.155. The maximum atomic E-state index is 13.0. The molecule has 0 amide bonds. The number of nitrogens with two attached hydrogens (primary N) is 1. The molecule has 3 saturated carbocycles. The number of carbonyl (C=O) groups excluding carboxylic acids is 1. The molecule has 28 heavy (non-hydrogen) atoms. The van der Waals surface area contributed by atoms with E-state index in [1.54, 1.807) is 6.92 Å². The van der Waals surface area contributed by atoms with Gasteiger partial charge in [-0.3, -0.25) is 9.79 Å². The molecule has 1 unspecified atom stereocenters. The SMILES string of the molecule is CCOC(=O)[C@H]1C2CCC(CC2)C1N=C(N=C(N)Cl)c1cc(C(F)(F)F)c[nH]1. The number of fused-ring (bicyclic) bond motifs is 3. The molecule has 3 N–H and O–H groups in total. The largest absolute Gasteiger partial charge is 0.466 e. The van der Waals surface area contributed by atoms with Gasteiger partial charge in [0.15, 0.2) is 11.1 Å². The molecule has 6 nitrogen and oxygen atoms in total. The number of alkyl halides is 3. The molecule has 3 fully saturated rings. The van der Waals surface area contributed by atoms with Gasteiger partial charge in [0.05, 0.1) is 29.8 Å². The summed E-state index contributed by atoms with van der Waals surface area (Å²) in [6.45, 7) is 1.99. The minimum Gasteiger partial charge on any atom is -0.466 e. The first kappa shape index (κ1) is 20.7. The molecule has 10 heteroatoms. The van der Waals surface area contributed by atoms with Gasteiger partial charge >= 0.3 is 12.1 Å². The second-order valence-corrected chi connectivity index (χ2v) is 7.52. The van der Waals surface area contributed by atoms with Gasteiger partial charge in [-0.25, -0.2) is 0 Å². The van der Waals surface area contributed by atoms with Crippen molar-refractivity contribution in [1.82, 2.24) is 4.98 Å². The number of aliphatic imine (C=N–C) groups is 2. The van der Waals surface area contributed by atoms with E-state index in [9.17, 15) is 18.0 Å². The van der Waals surface area contributed by atoms with Crippen molar-refractivity contribution >= 4 is 28.7 Å². The highest BCUT2D eigenvalue weighted by Gasteiger charge is 2.48. The summed E-state index contributed by atoms with van der Waals surface area (Å²) in [5, 5.41) is -0.351. The second kappa shape index (κ2) is 8.14. The predicted octanol–water partition coefficient (Wildman–Crippen LogP) is 3.70. The highest BCUT2D eigenvalue weighted by molar-refractivity contribution is 6.65. The van der Waals surface area contributed by atoms with Gasteiger partial charge in [-0.1, -0.05) is 0 Å². The van der Waals surface area contributed by atoms with Crippen LogP contribution in [-0.4, -0.2) is 34.7 Å². The first-order valence-electron chi connectivity index (χ1n) is 9.20. The van der Waals surface area contributed by atoms with Crippen LogP contribution in [0.3, 0.4) is 0 Å². The van der Waals surface area contributed by atoms with Gasteiger partial charge in [0, 0.05) is 6.20 Å². The second-order valence-electron chi connectivity index (χ2n) is 7.13. The number of aromatic nitrogens is 1. The smallest absolute Gasteiger partial charge is 0.417 e. The fourth-order valence-electron chi connectivity index (χ4n) is 4.26. The fraction of sp³-hybridized carbons (Fsp3) is 0.611.